The van der Waals surface area contributed by atoms with E-state index in [1.165, 1.54) is 23.6 Å². The van der Waals surface area contributed by atoms with Crippen LogP contribution in [0.1, 0.15) is 72.3 Å². The molecule has 40 heavy (non-hydrogen) atoms. The highest BCUT2D eigenvalue weighted by Crippen LogP contribution is 2.42. The van der Waals surface area contributed by atoms with Gasteiger partial charge in [0.1, 0.15) is 18.4 Å². The molecular formula is C29H45N4O6P. The Labute approximate surface area is 238 Å². The van der Waals surface area contributed by atoms with E-state index >= 15 is 0 Å². The first kappa shape index (κ1) is 33.2. The zero-order chi connectivity index (χ0) is 29.9. The van der Waals surface area contributed by atoms with Gasteiger partial charge in [-0.1, -0.05) is 51.1 Å². The fraction of sp³-hybridized carbons (Fsp3) is 0.621. The Morgan fingerprint density at radius 2 is 1.82 bits per heavy atom. The standard InChI is InChI=1S/C29H45N4O6P/c1-6-40(39,31-28(37)22(4)30-29(38)26-15-11-17-32(26)23(5)35)20-33(25(19-34)18-21(2)3)27(36)16-10-14-24-12-8-7-9-13-24/h7-9,12-13,19,21-22,25-26H,6,10-11,14-18,20H2,1-5H3,(H,30,38)(H,31,37,39)/t22-,25-,26-,40?/m0/s1. The van der Waals surface area contributed by atoms with E-state index in [1.807, 2.05) is 44.2 Å². The molecule has 0 spiro atoms. The minimum absolute atomic E-state index is 0.0706. The van der Waals surface area contributed by atoms with Gasteiger partial charge >= 0.3 is 0 Å². The van der Waals surface area contributed by atoms with E-state index in [2.05, 4.69) is 10.4 Å². The Morgan fingerprint density at radius 3 is 2.40 bits per heavy atom. The third kappa shape index (κ3) is 9.88. The smallest absolute Gasteiger partial charge is 0.247 e. The molecule has 11 heteroatoms. The lowest BCUT2D eigenvalue weighted by Crippen LogP contribution is -2.52. The summed E-state index contributed by atoms with van der Waals surface area (Å²) in [5.41, 5.74) is 1.10. The van der Waals surface area contributed by atoms with Crippen LogP contribution in [-0.2, 0) is 35.0 Å². The summed E-state index contributed by atoms with van der Waals surface area (Å²) >= 11 is 0. The molecule has 2 rings (SSSR count). The van der Waals surface area contributed by atoms with Gasteiger partial charge in [-0.25, -0.2) is 0 Å². The molecule has 1 aliphatic heterocycles. The second kappa shape index (κ2) is 15.7. The van der Waals surface area contributed by atoms with Gasteiger partial charge in [0.05, 0.1) is 12.3 Å². The minimum Gasteiger partial charge on any atom is -0.343 e. The molecule has 4 amide bonds. The van der Waals surface area contributed by atoms with Crippen molar-refractivity contribution in [1.82, 2.24) is 20.2 Å². The molecule has 2 N–H and O–H groups in total. The zero-order valence-electron chi connectivity index (χ0n) is 24.4. The van der Waals surface area contributed by atoms with E-state index in [4.69, 9.17) is 0 Å². The molecule has 1 fully saturated rings. The van der Waals surface area contributed by atoms with Crippen molar-refractivity contribution in [3.63, 3.8) is 0 Å². The Kier molecular flexibility index (Phi) is 13.0. The Morgan fingerprint density at radius 1 is 1.15 bits per heavy atom. The van der Waals surface area contributed by atoms with Gasteiger partial charge < -0.3 is 25.0 Å². The molecule has 4 atom stereocenters. The van der Waals surface area contributed by atoms with Crippen LogP contribution < -0.4 is 10.4 Å². The van der Waals surface area contributed by atoms with E-state index in [1.54, 1.807) is 6.92 Å². The van der Waals surface area contributed by atoms with Crippen molar-refractivity contribution in [3.8, 4) is 0 Å². The maximum absolute atomic E-state index is 13.9. The average molecular weight is 577 g/mol. The van der Waals surface area contributed by atoms with E-state index in [-0.39, 0.29) is 36.6 Å². The van der Waals surface area contributed by atoms with Crippen molar-refractivity contribution in [2.24, 2.45) is 5.92 Å². The topological polar surface area (TPSA) is 133 Å². The first-order valence-electron chi connectivity index (χ1n) is 14.2. The molecule has 1 aliphatic rings. The molecule has 1 saturated heterocycles. The minimum atomic E-state index is -3.49. The van der Waals surface area contributed by atoms with Gasteiger partial charge in [-0.2, -0.15) is 0 Å². The summed E-state index contributed by atoms with van der Waals surface area (Å²) in [4.78, 5) is 65.9. The van der Waals surface area contributed by atoms with Crippen molar-refractivity contribution in [3.05, 3.63) is 35.9 Å². The third-order valence-electron chi connectivity index (χ3n) is 7.21. The summed E-state index contributed by atoms with van der Waals surface area (Å²) in [5, 5.41) is 5.21. The largest absolute Gasteiger partial charge is 0.343 e. The lowest BCUT2D eigenvalue weighted by molar-refractivity contribution is -0.138. The predicted octanol–water partition coefficient (Wildman–Crippen LogP) is 3.34. The summed E-state index contributed by atoms with van der Waals surface area (Å²) in [6, 6.07) is 7.36. The molecule has 0 aliphatic carbocycles. The van der Waals surface area contributed by atoms with E-state index in [0.29, 0.717) is 44.9 Å². The van der Waals surface area contributed by atoms with E-state index in [9.17, 15) is 28.5 Å². The number of benzene rings is 1. The van der Waals surface area contributed by atoms with E-state index < -0.39 is 37.2 Å². The molecule has 222 valence electrons. The first-order valence-corrected chi connectivity index (χ1v) is 16.2. The molecular weight excluding hydrogens is 531 g/mol. The van der Waals surface area contributed by atoms with Gasteiger partial charge in [-0.05, 0) is 50.5 Å². The van der Waals surface area contributed by atoms with Crippen molar-refractivity contribution in [2.45, 2.75) is 91.3 Å². The fourth-order valence-electron chi connectivity index (χ4n) is 4.89. The normalized spacial score (nSPS) is 17.9. The second-order valence-corrected chi connectivity index (χ2v) is 13.9. The monoisotopic (exact) mass is 576 g/mol. The number of rotatable bonds is 15. The highest BCUT2D eigenvalue weighted by atomic mass is 31.2. The quantitative estimate of drug-likeness (QED) is 0.243. The van der Waals surface area contributed by atoms with Gasteiger partial charge in [-0.3, -0.25) is 23.7 Å². The predicted molar refractivity (Wildman–Crippen MR) is 155 cm³/mol. The average Bonchev–Trinajstić information content (AvgIpc) is 3.42. The number of carbonyl (C=O) groups excluding carboxylic acids is 5. The summed E-state index contributed by atoms with van der Waals surface area (Å²) in [7, 11) is -3.49. The van der Waals surface area contributed by atoms with Crippen LogP contribution in [0.2, 0.25) is 0 Å². The van der Waals surface area contributed by atoms with E-state index in [0.717, 1.165) is 5.56 Å². The van der Waals surface area contributed by atoms with Crippen molar-refractivity contribution < 1.29 is 28.5 Å². The molecule has 0 bridgehead atoms. The molecule has 1 aromatic rings. The summed E-state index contributed by atoms with van der Waals surface area (Å²) < 4.78 is 13.9. The number of nitrogens with one attached hydrogen (secondary N) is 2. The molecule has 0 aromatic heterocycles. The van der Waals surface area contributed by atoms with Crippen molar-refractivity contribution >= 4 is 37.2 Å². The number of nitrogens with zero attached hydrogens (tertiary/aromatic N) is 2. The SMILES string of the molecule is CCP(=O)(CN(C(=O)CCCc1ccccc1)[C@H](C=O)CC(C)C)NC(=O)[C@H](C)NC(=O)[C@@H]1CCCN1C(C)=O. The van der Waals surface area contributed by atoms with Crippen LogP contribution in [0.15, 0.2) is 30.3 Å². The van der Waals surface area contributed by atoms with Crippen LogP contribution in [-0.4, -0.2) is 76.8 Å². The number of hydrogen-bond donors (Lipinski definition) is 2. The number of amides is 4. The lowest BCUT2D eigenvalue weighted by atomic mass is 10.0. The zero-order valence-corrected chi connectivity index (χ0v) is 25.3. The second-order valence-electron chi connectivity index (χ2n) is 11.0. The Bertz CT molecular complexity index is 1080. The van der Waals surface area contributed by atoms with Crippen LogP contribution >= 0.6 is 7.29 Å². The molecule has 1 heterocycles. The van der Waals surface area contributed by atoms with Crippen LogP contribution in [0, 0.1) is 5.92 Å². The highest BCUT2D eigenvalue weighted by Gasteiger charge is 2.36. The summed E-state index contributed by atoms with van der Waals surface area (Å²) in [5.74, 6) is -1.46. The number of hydrogen-bond acceptors (Lipinski definition) is 6. The molecule has 0 saturated carbocycles. The molecule has 0 radical (unpaired) electrons. The van der Waals surface area contributed by atoms with Gasteiger partial charge in [-0.15, -0.1) is 0 Å². The molecule has 10 nitrogen and oxygen atoms in total. The van der Waals surface area contributed by atoms with Crippen LogP contribution in [0.3, 0.4) is 0 Å². The molecule has 1 unspecified atom stereocenters. The van der Waals surface area contributed by atoms with Crippen LogP contribution in [0.25, 0.3) is 0 Å². The molecule has 1 aromatic carbocycles. The fourth-order valence-corrected chi connectivity index (χ4v) is 6.77. The number of aldehydes is 1. The third-order valence-corrected chi connectivity index (χ3v) is 9.62. The van der Waals surface area contributed by atoms with Crippen molar-refractivity contribution in [1.29, 1.82) is 0 Å². The van der Waals surface area contributed by atoms with Crippen LogP contribution in [0.5, 0.6) is 0 Å². The Hall–Kier alpha value is -3.00. The van der Waals surface area contributed by atoms with Gasteiger partial charge in [0.25, 0.3) is 0 Å². The van der Waals surface area contributed by atoms with Crippen LogP contribution in [0.4, 0.5) is 0 Å². The van der Waals surface area contributed by atoms with Crippen molar-refractivity contribution in [2.75, 3.05) is 19.0 Å². The van der Waals surface area contributed by atoms with Gasteiger partial charge in [0.2, 0.25) is 23.6 Å². The van der Waals surface area contributed by atoms with Gasteiger partial charge in [0, 0.05) is 26.1 Å². The number of carbonyl (C=O) groups is 5. The number of aryl methyl sites for hydroxylation is 1. The Balaban J connectivity index is 2.10. The first-order chi connectivity index (χ1) is 18.9. The highest BCUT2D eigenvalue weighted by molar-refractivity contribution is 7.62. The summed E-state index contributed by atoms with van der Waals surface area (Å²) in [6.07, 6.45) is 3.57. The summed E-state index contributed by atoms with van der Waals surface area (Å²) in [6.45, 7) is 8.92. The lowest BCUT2D eigenvalue weighted by Gasteiger charge is -2.33. The maximum atomic E-state index is 13.9. The number of likely N-dealkylation sites (tertiary alicyclic amines) is 1. The maximum Gasteiger partial charge on any atom is 0.247 e. The van der Waals surface area contributed by atoms with Gasteiger partial charge in [0.15, 0.2) is 7.29 Å².